The van der Waals surface area contributed by atoms with Crippen LogP contribution in [-0.4, -0.2) is 28.2 Å². The molecule has 1 amide bonds. The summed E-state index contributed by atoms with van der Waals surface area (Å²) < 4.78 is 7.18. The standard InChI is InChI=1S/C25H23N3O4/c1-4-32-21-11-9-20(10-12-21)27-24(29)19(15-26)14-18-13-16(2)28(17(18)3)23-8-6-5-7-22(23)25(30)31/h5-14H,4H2,1-3H3,(H,27,29)(H,30,31)/b19-14-. The van der Waals surface area contributed by atoms with Crippen molar-refractivity contribution in [3.8, 4) is 17.5 Å². The zero-order valence-electron chi connectivity index (χ0n) is 18.0. The number of nitrogens with one attached hydrogen (secondary N) is 1. The number of rotatable bonds is 7. The van der Waals surface area contributed by atoms with Gasteiger partial charge in [0.25, 0.3) is 5.91 Å². The summed E-state index contributed by atoms with van der Waals surface area (Å²) in [5, 5.41) is 21.8. The summed E-state index contributed by atoms with van der Waals surface area (Å²) in [7, 11) is 0. The quantitative estimate of drug-likeness (QED) is 0.417. The van der Waals surface area contributed by atoms with E-state index in [2.05, 4.69) is 5.32 Å². The lowest BCUT2D eigenvalue weighted by Crippen LogP contribution is -2.13. The molecule has 3 aromatic rings. The van der Waals surface area contributed by atoms with Crippen molar-refractivity contribution < 1.29 is 19.4 Å². The van der Waals surface area contributed by atoms with E-state index in [0.717, 1.165) is 11.4 Å². The highest BCUT2D eigenvalue weighted by Gasteiger charge is 2.17. The molecule has 32 heavy (non-hydrogen) atoms. The number of aromatic nitrogens is 1. The van der Waals surface area contributed by atoms with Gasteiger partial charge in [-0.05, 0) is 74.9 Å². The van der Waals surface area contributed by atoms with Gasteiger partial charge in [0.15, 0.2) is 0 Å². The van der Waals surface area contributed by atoms with Gasteiger partial charge in [0.05, 0.1) is 17.9 Å². The van der Waals surface area contributed by atoms with Crippen LogP contribution in [0.1, 0.15) is 34.2 Å². The molecule has 0 saturated carbocycles. The van der Waals surface area contributed by atoms with Crippen LogP contribution in [0.5, 0.6) is 5.75 Å². The summed E-state index contributed by atoms with van der Waals surface area (Å²) in [6, 6.07) is 17.3. The number of hydrogen-bond donors (Lipinski definition) is 2. The molecule has 7 heteroatoms. The van der Waals surface area contributed by atoms with E-state index < -0.39 is 11.9 Å². The third kappa shape index (κ3) is 4.71. The number of carboxylic acid groups (broad SMARTS) is 1. The Balaban J connectivity index is 1.92. The summed E-state index contributed by atoms with van der Waals surface area (Å²) in [6.45, 7) is 6.09. The maximum absolute atomic E-state index is 12.7. The molecular weight excluding hydrogens is 406 g/mol. The number of hydrogen-bond acceptors (Lipinski definition) is 4. The lowest BCUT2D eigenvalue weighted by atomic mass is 10.1. The van der Waals surface area contributed by atoms with E-state index in [-0.39, 0.29) is 11.1 Å². The molecule has 0 fully saturated rings. The number of carbonyl (C=O) groups is 2. The first-order valence-electron chi connectivity index (χ1n) is 10.0. The summed E-state index contributed by atoms with van der Waals surface area (Å²) in [5.74, 6) is -0.874. The number of nitriles is 1. The van der Waals surface area contributed by atoms with E-state index in [4.69, 9.17) is 4.74 Å². The van der Waals surface area contributed by atoms with Crippen LogP contribution in [0, 0.1) is 25.2 Å². The number of amides is 1. The SMILES string of the molecule is CCOc1ccc(NC(=O)/C(C#N)=C\c2cc(C)n(-c3ccccc3C(=O)O)c2C)cc1. The molecule has 0 radical (unpaired) electrons. The predicted molar refractivity (Wildman–Crippen MR) is 122 cm³/mol. The van der Waals surface area contributed by atoms with Gasteiger partial charge in [-0.25, -0.2) is 4.79 Å². The maximum Gasteiger partial charge on any atom is 0.337 e. The Morgan fingerprint density at radius 2 is 1.84 bits per heavy atom. The van der Waals surface area contributed by atoms with Gasteiger partial charge in [-0.3, -0.25) is 4.79 Å². The zero-order chi connectivity index (χ0) is 23.3. The van der Waals surface area contributed by atoms with Crippen LogP contribution in [0.4, 0.5) is 5.69 Å². The van der Waals surface area contributed by atoms with Gasteiger partial charge in [0, 0.05) is 17.1 Å². The number of benzene rings is 2. The fraction of sp³-hybridized carbons (Fsp3) is 0.160. The molecule has 0 atom stereocenters. The number of aryl methyl sites for hydroxylation is 1. The van der Waals surface area contributed by atoms with Crippen molar-refractivity contribution in [2.45, 2.75) is 20.8 Å². The van der Waals surface area contributed by atoms with Crippen molar-refractivity contribution in [3.05, 3.63) is 82.7 Å². The zero-order valence-corrected chi connectivity index (χ0v) is 18.0. The van der Waals surface area contributed by atoms with Crippen LogP contribution in [0.25, 0.3) is 11.8 Å². The van der Waals surface area contributed by atoms with E-state index in [1.165, 1.54) is 12.1 Å². The molecule has 3 rings (SSSR count). The van der Waals surface area contributed by atoms with Crippen LogP contribution >= 0.6 is 0 Å². The molecule has 0 aliphatic heterocycles. The van der Waals surface area contributed by atoms with Crippen molar-refractivity contribution in [1.29, 1.82) is 5.26 Å². The number of ether oxygens (including phenoxy) is 1. The average Bonchev–Trinajstić information content (AvgIpc) is 3.06. The second-order valence-electron chi connectivity index (χ2n) is 7.07. The van der Waals surface area contributed by atoms with E-state index in [1.54, 1.807) is 47.0 Å². The number of para-hydroxylation sites is 1. The molecule has 0 bridgehead atoms. The topological polar surface area (TPSA) is 104 Å². The third-order valence-electron chi connectivity index (χ3n) is 4.93. The van der Waals surface area contributed by atoms with Crippen LogP contribution in [0.2, 0.25) is 0 Å². The fourth-order valence-corrected chi connectivity index (χ4v) is 3.46. The number of carbonyl (C=O) groups excluding carboxylic acids is 1. The molecule has 0 unspecified atom stereocenters. The van der Waals surface area contributed by atoms with Gasteiger partial charge < -0.3 is 19.7 Å². The second-order valence-corrected chi connectivity index (χ2v) is 7.07. The number of aromatic carboxylic acids is 1. The van der Waals surface area contributed by atoms with E-state index >= 15 is 0 Å². The van der Waals surface area contributed by atoms with Crippen LogP contribution in [0.15, 0.2) is 60.2 Å². The van der Waals surface area contributed by atoms with Gasteiger partial charge >= 0.3 is 5.97 Å². The third-order valence-corrected chi connectivity index (χ3v) is 4.93. The molecule has 7 nitrogen and oxygen atoms in total. The van der Waals surface area contributed by atoms with E-state index in [1.807, 2.05) is 32.9 Å². The Hall–Kier alpha value is -4.31. The Labute approximate surface area is 186 Å². The van der Waals surface area contributed by atoms with Gasteiger partial charge in [0.1, 0.15) is 17.4 Å². The Morgan fingerprint density at radius 3 is 2.47 bits per heavy atom. The number of nitrogens with zero attached hydrogens (tertiary/aromatic N) is 2. The van der Waals surface area contributed by atoms with Gasteiger partial charge in [0.2, 0.25) is 0 Å². The molecule has 2 N–H and O–H groups in total. The smallest absolute Gasteiger partial charge is 0.337 e. The largest absolute Gasteiger partial charge is 0.494 e. The molecule has 0 aliphatic carbocycles. The molecule has 0 aliphatic rings. The molecule has 1 aromatic heterocycles. The van der Waals surface area contributed by atoms with Crippen molar-refractivity contribution >= 4 is 23.6 Å². The summed E-state index contributed by atoms with van der Waals surface area (Å²) >= 11 is 0. The van der Waals surface area contributed by atoms with Crippen molar-refractivity contribution in [1.82, 2.24) is 4.57 Å². The predicted octanol–water partition coefficient (Wildman–Crippen LogP) is 4.74. The lowest BCUT2D eigenvalue weighted by Gasteiger charge is -2.12. The summed E-state index contributed by atoms with van der Waals surface area (Å²) in [6.07, 6.45) is 1.51. The minimum Gasteiger partial charge on any atom is -0.494 e. The molecule has 0 saturated heterocycles. The van der Waals surface area contributed by atoms with Gasteiger partial charge in [-0.15, -0.1) is 0 Å². The first-order valence-corrected chi connectivity index (χ1v) is 10.0. The van der Waals surface area contributed by atoms with Crippen molar-refractivity contribution in [2.24, 2.45) is 0 Å². The Kier molecular flexibility index (Phi) is 6.76. The van der Waals surface area contributed by atoms with Gasteiger partial charge in [-0.1, -0.05) is 12.1 Å². The van der Waals surface area contributed by atoms with E-state index in [9.17, 15) is 20.0 Å². The molecule has 0 spiro atoms. The average molecular weight is 429 g/mol. The first-order chi connectivity index (χ1) is 15.3. The highest BCUT2D eigenvalue weighted by molar-refractivity contribution is 6.09. The van der Waals surface area contributed by atoms with Crippen molar-refractivity contribution in [3.63, 3.8) is 0 Å². The number of anilines is 1. The maximum atomic E-state index is 12.7. The second kappa shape index (κ2) is 9.67. The molecule has 1 heterocycles. The van der Waals surface area contributed by atoms with Crippen LogP contribution in [-0.2, 0) is 4.79 Å². The molecule has 162 valence electrons. The van der Waals surface area contributed by atoms with Crippen LogP contribution in [0.3, 0.4) is 0 Å². The summed E-state index contributed by atoms with van der Waals surface area (Å²) in [5.41, 5.74) is 3.32. The first kappa shape index (κ1) is 22.4. The monoisotopic (exact) mass is 429 g/mol. The summed E-state index contributed by atoms with van der Waals surface area (Å²) in [4.78, 5) is 24.3. The van der Waals surface area contributed by atoms with E-state index in [0.29, 0.717) is 29.3 Å². The minimum absolute atomic E-state index is 0.0642. The highest BCUT2D eigenvalue weighted by atomic mass is 16.5. The Morgan fingerprint density at radius 1 is 1.16 bits per heavy atom. The highest BCUT2D eigenvalue weighted by Crippen LogP contribution is 2.25. The normalized spacial score (nSPS) is 11.0. The number of carboxylic acids is 1. The molecular formula is C25H23N3O4. The molecule has 2 aromatic carbocycles. The minimum atomic E-state index is -1.03. The lowest BCUT2D eigenvalue weighted by molar-refractivity contribution is -0.112. The van der Waals surface area contributed by atoms with Gasteiger partial charge in [-0.2, -0.15) is 5.26 Å². The fourth-order valence-electron chi connectivity index (χ4n) is 3.46. The van der Waals surface area contributed by atoms with Crippen molar-refractivity contribution in [2.75, 3.05) is 11.9 Å². The Bertz CT molecular complexity index is 1230. The van der Waals surface area contributed by atoms with Crippen LogP contribution < -0.4 is 10.1 Å².